The van der Waals surface area contributed by atoms with Crippen LogP contribution in [0.2, 0.25) is 0 Å². The molecule has 1 aliphatic carbocycles. The Bertz CT molecular complexity index is 1520. The summed E-state index contributed by atoms with van der Waals surface area (Å²) >= 11 is 0. The molecule has 0 aromatic heterocycles. The number of carbonyl (C=O) groups is 2. The third kappa shape index (κ3) is 7.83. The lowest BCUT2D eigenvalue weighted by atomic mass is 9.90. The Morgan fingerprint density at radius 2 is 1.70 bits per heavy atom. The first-order chi connectivity index (χ1) is 20.8. The minimum Gasteiger partial charge on any atom is -0.485 e. The van der Waals surface area contributed by atoms with E-state index in [2.05, 4.69) is 23.6 Å². The number of ketones is 1. The smallest absolute Gasteiger partial charge is 0.220 e. The number of aliphatic hydroxyl groups is 1. The van der Waals surface area contributed by atoms with Gasteiger partial charge in [0.25, 0.3) is 0 Å². The summed E-state index contributed by atoms with van der Waals surface area (Å²) in [5, 5.41) is 17.0. The molecule has 1 aliphatic heterocycles. The molecule has 5 rings (SSSR count). The monoisotopic (exact) mass is 586 g/mol. The molecule has 0 saturated heterocycles. The predicted molar refractivity (Wildman–Crippen MR) is 161 cm³/mol. The van der Waals surface area contributed by atoms with Crippen LogP contribution in [-0.2, 0) is 24.2 Å². The van der Waals surface area contributed by atoms with Crippen molar-refractivity contribution in [3.05, 3.63) is 124 Å². The Morgan fingerprint density at radius 3 is 2.49 bits per heavy atom. The molecule has 0 fully saturated rings. The summed E-state index contributed by atoms with van der Waals surface area (Å²) in [6.07, 6.45) is 7.59. The second kappa shape index (κ2) is 13.9. The third-order valence-electron chi connectivity index (χ3n) is 7.89. The van der Waals surface area contributed by atoms with Gasteiger partial charge in [-0.15, -0.1) is 0 Å². The van der Waals surface area contributed by atoms with E-state index in [1.807, 2.05) is 48.6 Å². The van der Waals surface area contributed by atoms with Crippen LogP contribution in [0, 0.1) is 11.6 Å². The number of ether oxygens (including phenoxy) is 1. The third-order valence-corrected chi connectivity index (χ3v) is 7.89. The van der Waals surface area contributed by atoms with Gasteiger partial charge in [-0.1, -0.05) is 49.4 Å². The minimum atomic E-state index is -1.05. The van der Waals surface area contributed by atoms with Gasteiger partial charge in [-0.3, -0.25) is 9.59 Å². The zero-order chi connectivity index (χ0) is 30.3. The van der Waals surface area contributed by atoms with Gasteiger partial charge in [0.1, 0.15) is 23.5 Å². The minimum absolute atomic E-state index is 0.0118. The lowest BCUT2D eigenvalue weighted by Crippen LogP contribution is -2.48. The Kier molecular flexibility index (Phi) is 9.79. The Balaban J connectivity index is 1.20. The number of amides is 1. The molecule has 0 radical (unpaired) electrons. The molecule has 0 bridgehead atoms. The molecule has 0 spiro atoms. The van der Waals surface area contributed by atoms with E-state index in [9.17, 15) is 23.5 Å². The summed E-state index contributed by atoms with van der Waals surface area (Å²) in [4.78, 5) is 26.0. The van der Waals surface area contributed by atoms with Gasteiger partial charge in [0.2, 0.25) is 5.91 Å². The van der Waals surface area contributed by atoms with Crippen LogP contribution in [0.4, 0.5) is 8.78 Å². The van der Waals surface area contributed by atoms with E-state index in [1.54, 1.807) is 12.1 Å². The van der Waals surface area contributed by atoms with Crippen molar-refractivity contribution >= 4 is 11.7 Å². The SMILES string of the molecule is CCc1cccc(CNC[C@@H](O)[C@H](Cc2cc(F)cc(F)c2)NC(=O)CCC(=O)c2ccc3c(c2)C2C=CC=CC2O3)c1. The molecule has 6 nitrogen and oxygen atoms in total. The first kappa shape index (κ1) is 30.3. The molecule has 2 aliphatic rings. The average molecular weight is 587 g/mol. The number of aryl methyl sites for hydroxylation is 1. The molecule has 8 heteroatoms. The maximum absolute atomic E-state index is 13.9. The molecule has 3 aromatic rings. The van der Waals surface area contributed by atoms with Crippen molar-refractivity contribution in [2.75, 3.05) is 6.54 Å². The highest BCUT2D eigenvalue weighted by molar-refractivity contribution is 5.98. The van der Waals surface area contributed by atoms with Gasteiger partial charge in [-0.05, 0) is 65.9 Å². The second-order valence-corrected chi connectivity index (χ2v) is 11.1. The molecule has 0 saturated carbocycles. The van der Waals surface area contributed by atoms with E-state index in [0.29, 0.717) is 17.7 Å². The zero-order valence-electron chi connectivity index (χ0n) is 24.1. The maximum atomic E-state index is 13.9. The van der Waals surface area contributed by atoms with E-state index < -0.39 is 29.7 Å². The summed E-state index contributed by atoms with van der Waals surface area (Å²) in [6.45, 7) is 2.73. The lowest BCUT2D eigenvalue weighted by molar-refractivity contribution is -0.122. The Morgan fingerprint density at radius 1 is 0.930 bits per heavy atom. The van der Waals surface area contributed by atoms with E-state index in [0.717, 1.165) is 29.4 Å². The highest BCUT2D eigenvalue weighted by Crippen LogP contribution is 2.41. The predicted octanol–water partition coefficient (Wildman–Crippen LogP) is 5.34. The standard InChI is InChI=1S/C35H36F2N2O4/c1-2-22-6-5-7-23(14-22)20-38-21-32(41)30(17-24-15-26(36)19-27(37)16-24)39-35(42)13-11-31(40)25-10-12-34-29(18-25)28-8-3-4-9-33(28)43-34/h3-10,12,14-16,18-19,28,30,32-33,38,41H,2,11,13,17,20-21H2,1H3,(H,39,42)/t28?,30-,32+,33?/m0/s1. The first-order valence-corrected chi connectivity index (χ1v) is 14.7. The van der Waals surface area contributed by atoms with Crippen molar-refractivity contribution in [2.24, 2.45) is 0 Å². The molecule has 3 aromatic carbocycles. The fourth-order valence-corrected chi connectivity index (χ4v) is 5.60. The van der Waals surface area contributed by atoms with Crippen molar-refractivity contribution in [1.29, 1.82) is 0 Å². The van der Waals surface area contributed by atoms with Crippen LogP contribution in [0.5, 0.6) is 5.75 Å². The number of nitrogens with one attached hydrogen (secondary N) is 2. The molecule has 1 amide bonds. The zero-order valence-corrected chi connectivity index (χ0v) is 24.1. The number of allylic oxidation sites excluding steroid dienone is 2. The van der Waals surface area contributed by atoms with Gasteiger partial charge in [-0.25, -0.2) is 8.78 Å². The van der Waals surface area contributed by atoms with Crippen LogP contribution in [0.15, 0.2) is 85.0 Å². The van der Waals surface area contributed by atoms with E-state index in [1.165, 1.54) is 17.7 Å². The molecule has 3 N–H and O–H groups in total. The quantitative estimate of drug-likeness (QED) is 0.236. The first-order valence-electron chi connectivity index (χ1n) is 14.7. The summed E-state index contributed by atoms with van der Waals surface area (Å²) in [5.74, 6) is -1.29. The summed E-state index contributed by atoms with van der Waals surface area (Å²) < 4.78 is 33.7. The average Bonchev–Trinajstić information content (AvgIpc) is 3.37. The van der Waals surface area contributed by atoms with Gasteiger partial charge in [-0.2, -0.15) is 0 Å². The Hall–Kier alpha value is -4.14. The number of hydrogen-bond acceptors (Lipinski definition) is 5. The number of fused-ring (bicyclic) bond motifs is 3. The lowest BCUT2D eigenvalue weighted by Gasteiger charge is -2.25. The van der Waals surface area contributed by atoms with Crippen molar-refractivity contribution < 1.29 is 28.2 Å². The topological polar surface area (TPSA) is 87.7 Å². The van der Waals surface area contributed by atoms with Crippen LogP contribution in [0.3, 0.4) is 0 Å². The summed E-state index contributed by atoms with van der Waals surface area (Å²) in [7, 11) is 0. The second-order valence-electron chi connectivity index (χ2n) is 11.1. The van der Waals surface area contributed by atoms with Gasteiger partial charge in [0.15, 0.2) is 5.78 Å². The largest absolute Gasteiger partial charge is 0.485 e. The highest BCUT2D eigenvalue weighted by atomic mass is 19.1. The number of hydrogen-bond donors (Lipinski definition) is 3. The fraction of sp³-hybridized carbons (Fsp3) is 0.314. The van der Waals surface area contributed by atoms with Crippen LogP contribution < -0.4 is 15.4 Å². The summed E-state index contributed by atoms with van der Waals surface area (Å²) in [6, 6.07) is 15.7. The van der Waals surface area contributed by atoms with Gasteiger partial charge >= 0.3 is 0 Å². The summed E-state index contributed by atoms with van der Waals surface area (Å²) in [5.41, 5.74) is 4.01. The van der Waals surface area contributed by atoms with Crippen molar-refractivity contribution in [3.63, 3.8) is 0 Å². The van der Waals surface area contributed by atoms with E-state index >= 15 is 0 Å². The number of halogens is 2. The molecule has 224 valence electrons. The van der Waals surface area contributed by atoms with Crippen molar-refractivity contribution in [3.8, 4) is 5.75 Å². The van der Waals surface area contributed by atoms with Gasteiger partial charge in [0, 0.05) is 49.0 Å². The van der Waals surface area contributed by atoms with Crippen molar-refractivity contribution in [2.45, 2.75) is 63.3 Å². The fourth-order valence-electron chi connectivity index (χ4n) is 5.60. The number of Topliss-reactive ketones (excluding diaryl/α,β-unsaturated/α-hetero) is 1. The number of aliphatic hydroxyl groups excluding tert-OH is 1. The van der Waals surface area contributed by atoms with Crippen LogP contribution in [0.25, 0.3) is 0 Å². The highest BCUT2D eigenvalue weighted by Gasteiger charge is 2.32. The number of benzene rings is 3. The molecule has 4 atom stereocenters. The Labute approximate surface area is 250 Å². The van der Waals surface area contributed by atoms with Gasteiger partial charge < -0.3 is 20.5 Å². The maximum Gasteiger partial charge on any atom is 0.220 e. The van der Waals surface area contributed by atoms with E-state index in [4.69, 9.17) is 4.74 Å². The number of rotatable bonds is 13. The normalized spacial score (nSPS) is 18.0. The van der Waals surface area contributed by atoms with Crippen LogP contribution in [-0.4, -0.2) is 41.6 Å². The number of carbonyl (C=O) groups excluding carboxylic acids is 2. The molecular weight excluding hydrogens is 550 g/mol. The molecular formula is C35H36F2N2O4. The van der Waals surface area contributed by atoms with Crippen LogP contribution in [0.1, 0.15) is 58.3 Å². The molecule has 43 heavy (non-hydrogen) atoms. The molecule has 1 heterocycles. The molecule has 2 unspecified atom stereocenters. The van der Waals surface area contributed by atoms with Crippen molar-refractivity contribution in [1.82, 2.24) is 10.6 Å². The van der Waals surface area contributed by atoms with Crippen LogP contribution >= 0.6 is 0 Å². The van der Waals surface area contributed by atoms with E-state index in [-0.39, 0.29) is 43.6 Å². The van der Waals surface area contributed by atoms with Gasteiger partial charge in [0.05, 0.1) is 12.1 Å².